The van der Waals surface area contributed by atoms with Gasteiger partial charge in [0.05, 0.1) is 30.4 Å². The standard InChI is InChI=1S/C13H12N2O3/c1-18-13(17)10-4-8(7-16)5-12-11(10)6-14-15(12)9-2-3-9/h4-7,9H,2-3H2,1H3. The number of rotatable bonds is 3. The lowest BCUT2D eigenvalue weighted by Gasteiger charge is -2.04. The lowest BCUT2D eigenvalue weighted by atomic mass is 10.1. The van der Waals surface area contributed by atoms with Crippen LogP contribution in [0.4, 0.5) is 0 Å². The van der Waals surface area contributed by atoms with Crippen LogP contribution < -0.4 is 0 Å². The Kier molecular flexibility index (Phi) is 2.40. The first-order valence-corrected chi connectivity index (χ1v) is 5.79. The SMILES string of the molecule is COC(=O)c1cc(C=O)cc2c1cnn2C1CC1. The summed E-state index contributed by atoms with van der Waals surface area (Å²) in [6.45, 7) is 0. The lowest BCUT2D eigenvalue weighted by molar-refractivity contribution is 0.0603. The van der Waals surface area contributed by atoms with Gasteiger partial charge in [-0.1, -0.05) is 0 Å². The topological polar surface area (TPSA) is 61.2 Å². The molecule has 1 heterocycles. The molecule has 1 aliphatic carbocycles. The van der Waals surface area contributed by atoms with Gasteiger partial charge in [0.2, 0.25) is 0 Å². The third kappa shape index (κ3) is 1.59. The molecular weight excluding hydrogens is 232 g/mol. The van der Waals surface area contributed by atoms with E-state index in [9.17, 15) is 9.59 Å². The Morgan fingerprint density at radius 1 is 1.50 bits per heavy atom. The molecule has 1 aliphatic rings. The summed E-state index contributed by atoms with van der Waals surface area (Å²) in [6, 6.07) is 3.70. The summed E-state index contributed by atoms with van der Waals surface area (Å²) in [6.07, 6.45) is 4.58. The van der Waals surface area contributed by atoms with Crippen molar-refractivity contribution in [3.8, 4) is 0 Å². The van der Waals surface area contributed by atoms with Crippen LogP contribution in [0.5, 0.6) is 0 Å². The van der Waals surface area contributed by atoms with Gasteiger partial charge in [-0.3, -0.25) is 9.48 Å². The van der Waals surface area contributed by atoms with E-state index >= 15 is 0 Å². The van der Waals surface area contributed by atoms with Crippen LogP contribution in [0.2, 0.25) is 0 Å². The van der Waals surface area contributed by atoms with Gasteiger partial charge in [-0.05, 0) is 25.0 Å². The van der Waals surface area contributed by atoms with Crippen LogP contribution in [-0.2, 0) is 4.74 Å². The fourth-order valence-electron chi connectivity index (χ4n) is 2.12. The zero-order chi connectivity index (χ0) is 12.7. The highest BCUT2D eigenvalue weighted by Crippen LogP contribution is 2.37. The fourth-order valence-corrected chi connectivity index (χ4v) is 2.12. The minimum atomic E-state index is -0.445. The average molecular weight is 244 g/mol. The maximum atomic E-state index is 11.7. The van der Waals surface area contributed by atoms with Gasteiger partial charge in [0.1, 0.15) is 6.29 Å². The highest BCUT2D eigenvalue weighted by atomic mass is 16.5. The Bertz CT molecular complexity index is 641. The number of ether oxygens (including phenoxy) is 1. The number of carbonyl (C=O) groups excluding carboxylic acids is 2. The lowest BCUT2D eigenvalue weighted by Crippen LogP contribution is -2.03. The molecule has 1 fully saturated rings. The first-order valence-electron chi connectivity index (χ1n) is 5.79. The van der Waals surface area contributed by atoms with Crippen molar-refractivity contribution in [1.29, 1.82) is 0 Å². The minimum absolute atomic E-state index is 0.393. The van der Waals surface area contributed by atoms with Gasteiger partial charge in [0.25, 0.3) is 0 Å². The molecule has 1 aromatic carbocycles. The Balaban J connectivity index is 2.27. The van der Waals surface area contributed by atoms with Crippen LogP contribution in [0, 0.1) is 0 Å². The number of benzene rings is 1. The molecule has 0 bridgehead atoms. The van der Waals surface area contributed by atoms with E-state index in [4.69, 9.17) is 4.74 Å². The second-order valence-electron chi connectivity index (χ2n) is 4.43. The first kappa shape index (κ1) is 11.0. The van der Waals surface area contributed by atoms with Crippen molar-refractivity contribution in [3.63, 3.8) is 0 Å². The summed E-state index contributed by atoms with van der Waals surface area (Å²) >= 11 is 0. The van der Waals surface area contributed by atoms with E-state index < -0.39 is 5.97 Å². The molecular formula is C13H12N2O3. The van der Waals surface area contributed by atoms with E-state index in [1.165, 1.54) is 7.11 Å². The second-order valence-corrected chi connectivity index (χ2v) is 4.43. The predicted molar refractivity (Wildman–Crippen MR) is 64.7 cm³/mol. The van der Waals surface area contributed by atoms with Gasteiger partial charge in [-0.15, -0.1) is 0 Å². The molecule has 0 unspecified atom stereocenters. The second kappa shape index (κ2) is 3.94. The van der Waals surface area contributed by atoms with Gasteiger partial charge in [0.15, 0.2) is 0 Å². The maximum Gasteiger partial charge on any atom is 0.338 e. The number of esters is 1. The van der Waals surface area contributed by atoms with E-state index in [2.05, 4.69) is 5.10 Å². The smallest absolute Gasteiger partial charge is 0.338 e. The zero-order valence-electron chi connectivity index (χ0n) is 9.92. The van der Waals surface area contributed by atoms with Crippen molar-refractivity contribution in [3.05, 3.63) is 29.5 Å². The number of aldehydes is 1. The third-order valence-electron chi connectivity index (χ3n) is 3.17. The Hall–Kier alpha value is -2.17. The number of hydrogen-bond donors (Lipinski definition) is 0. The molecule has 18 heavy (non-hydrogen) atoms. The van der Waals surface area contributed by atoms with Crippen molar-refractivity contribution in [2.24, 2.45) is 0 Å². The Morgan fingerprint density at radius 2 is 2.28 bits per heavy atom. The van der Waals surface area contributed by atoms with Gasteiger partial charge in [-0.2, -0.15) is 5.10 Å². The van der Waals surface area contributed by atoms with E-state index in [1.807, 2.05) is 4.68 Å². The number of methoxy groups -OCH3 is 1. The van der Waals surface area contributed by atoms with Crippen molar-refractivity contribution in [2.75, 3.05) is 7.11 Å². The van der Waals surface area contributed by atoms with Gasteiger partial charge in [0, 0.05) is 10.9 Å². The molecule has 1 aromatic heterocycles. The average Bonchev–Trinajstić information content (AvgIpc) is 3.16. The van der Waals surface area contributed by atoms with Crippen molar-refractivity contribution in [2.45, 2.75) is 18.9 Å². The zero-order valence-corrected chi connectivity index (χ0v) is 9.92. The molecule has 0 N–H and O–H groups in total. The van der Waals surface area contributed by atoms with Gasteiger partial charge >= 0.3 is 5.97 Å². The third-order valence-corrected chi connectivity index (χ3v) is 3.17. The molecule has 0 spiro atoms. The van der Waals surface area contributed by atoms with Crippen LogP contribution in [0.15, 0.2) is 18.3 Å². The summed E-state index contributed by atoms with van der Waals surface area (Å²) in [5.74, 6) is -0.445. The van der Waals surface area contributed by atoms with E-state index in [0.717, 1.165) is 30.0 Å². The molecule has 0 radical (unpaired) electrons. The highest BCUT2D eigenvalue weighted by molar-refractivity contribution is 6.05. The summed E-state index contributed by atoms with van der Waals surface area (Å²) < 4.78 is 6.62. The van der Waals surface area contributed by atoms with Crippen LogP contribution >= 0.6 is 0 Å². The van der Waals surface area contributed by atoms with Crippen molar-refractivity contribution < 1.29 is 14.3 Å². The first-order chi connectivity index (χ1) is 8.74. The molecule has 0 aliphatic heterocycles. The fraction of sp³-hybridized carbons (Fsp3) is 0.308. The number of nitrogens with zero attached hydrogens (tertiary/aromatic N) is 2. The van der Waals surface area contributed by atoms with Gasteiger partial charge in [-0.25, -0.2) is 4.79 Å². The summed E-state index contributed by atoms with van der Waals surface area (Å²) in [7, 11) is 1.33. The summed E-state index contributed by atoms with van der Waals surface area (Å²) in [4.78, 5) is 22.7. The van der Waals surface area contributed by atoms with Crippen LogP contribution in [0.25, 0.3) is 10.9 Å². The molecule has 0 atom stereocenters. The molecule has 0 saturated heterocycles. The molecule has 0 amide bonds. The highest BCUT2D eigenvalue weighted by Gasteiger charge is 2.27. The van der Waals surface area contributed by atoms with Crippen molar-refractivity contribution >= 4 is 23.2 Å². The number of carbonyl (C=O) groups is 2. The van der Waals surface area contributed by atoms with E-state index in [1.54, 1.807) is 18.3 Å². The van der Waals surface area contributed by atoms with Crippen molar-refractivity contribution in [1.82, 2.24) is 9.78 Å². The molecule has 5 nitrogen and oxygen atoms in total. The maximum absolute atomic E-state index is 11.7. The molecule has 92 valence electrons. The molecule has 3 rings (SSSR count). The Labute approximate surface area is 103 Å². The summed E-state index contributed by atoms with van der Waals surface area (Å²) in [5, 5.41) is 5.04. The van der Waals surface area contributed by atoms with E-state index in [-0.39, 0.29) is 0 Å². The van der Waals surface area contributed by atoms with Crippen LogP contribution in [-0.4, -0.2) is 29.1 Å². The normalized spacial score (nSPS) is 14.7. The van der Waals surface area contributed by atoms with Gasteiger partial charge < -0.3 is 4.74 Å². The molecule has 1 saturated carbocycles. The largest absolute Gasteiger partial charge is 0.465 e. The number of aromatic nitrogens is 2. The minimum Gasteiger partial charge on any atom is -0.465 e. The van der Waals surface area contributed by atoms with Crippen LogP contribution in [0.1, 0.15) is 39.6 Å². The van der Waals surface area contributed by atoms with E-state index in [0.29, 0.717) is 17.2 Å². The quantitative estimate of drug-likeness (QED) is 0.611. The monoisotopic (exact) mass is 244 g/mol. The van der Waals surface area contributed by atoms with Crippen LogP contribution in [0.3, 0.4) is 0 Å². The molecule has 5 heteroatoms. The molecule has 2 aromatic rings. The summed E-state index contributed by atoms with van der Waals surface area (Å²) in [5.41, 5.74) is 1.68. The number of fused-ring (bicyclic) bond motifs is 1. The Morgan fingerprint density at radius 3 is 2.89 bits per heavy atom. The number of hydrogen-bond acceptors (Lipinski definition) is 4. The predicted octanol–water partition coefficient (Wildman–Crippen LogP) is 1.97.